The van der Waals surface area contributed by atoms with Crippen LogP contribution in [0.1, 0.15) is 54.2 Å². The summed E-state index contributed by atoms with van der Waals surface area (Å²) in [6.07, 6.45) is 5.69. The van der Waals surface area contributed by atoms with Gasteiger partial charge in [-0.15, -0.1) is 0 Å². The maximum Gasteiger partial charge on any atom is 0.275 e. The summed E-state index contributed by atoms with van der Waals surface area (Å²) < 4.78 is 6.32. The lowest BCUT2D eigenvalue weighted by atomic mass is 10.1. The van der Waals surface area contributed by atoms with Crippen molar-refractivity contribution in [3.63, 3.8) is 0 Å². The molecule has 1 atom stereocenters. The number of H-pyrrole nitrogens is 1. The van der Waals surface area contributed by atoms with Crippen molar-refractivity contribution in [1.29, 1.82) is 0 Å². The second kappa shape index (κ2) is 5.39. The lowest BCUT2D eigenvalue weighted by molar-refractivity contribution is 0.0699. The van der Waals surface area contributed by atoms with E-state index in [1.54, 1.807) is 0 Å². The molecule has 0 radical (unpaired) electrons. The van der Waals surface area contributed by atoms with Gasteiger partial charge in [0.25, 0.3) is 5.91 Å². The van der Waals surface area contributed by atoms with Gasteiger partial charge in [-0.05, 0) is 48.0 Å². The molecule has 2 aliphatic carbocycles. The van der Waals surface area contributed by atoms with Gasteiger partial charge in [0.1, 0.15) is 0 Å². The second-order valence-electron chi connectivity index (χ2n) is 6.49. The van der Waals surface area contributed by atoms with E-state index in [-0.39, 0.29) is 5.91 Å². The molecule has 0 unspecified atom stereocenters. The van der Waals surface area contributed by atoms with Gasteiger partial charge in [-0.2, -0.15) is 5.10 Å². The molecular formula is C15H20BrN3O2. The zero-order valence-corrected chi connectivity index (χ0v) is 13.6. The van der Waals surface area contributed by atoms with Gasteiger partial charge in [-0.25, -0.2) is 0 Å². The Kier molecular flexibility index (Phi) is 3.53. The number of ether oxygens (including phenoxy) is 1. The fraction of sp³-hybridized carbons (Fsp3) is 0.733. The van der Waals surface area contributed by atoms with Crippen molar-refractivity contribution in [2.75, 3.05) is 19.8 Å². The minimum absolute atomic E-state index is 0.0689. The van der Waals surface area contributed by atoms with Crippen LogP contribution in [0.15, 0.2) is 4.47 Å². The van der Waals surface area contributed by atoms with Crippen LogP contribution < -0.4 is 0 Å². The highest BCUT2D eigenvalue weighted by Crippen LogP contribution is 2.43. The first-order valence-corrected chi connectivity index (χ1v) is 8.66. The first-order valence-electron chi connectivity index (χ1n) is 7.86. The van der Waals surface area contributed by atoms with Crippen LogP contribution in [-0.2, 0) is 4.74 Å². The maximum absolute atomic E-state index is 12.9. The molecule has 0 aromatic carbocycles. The third-order valence-electron chi connectivity index (χ3n) is 4.65. The van der Waals surface area contributed by atoms with Crippen LogP contribution in [-0.4, -0.2) is 46.8 Å². The van der Waals surface area contributed by atoms with Crippen LogP contribution in [0.5, 0.6) is 0 Å². The van der Waals surface area contributed by atoms with Crippen LogP contribution in [0.4, 0.5) is 0 Å². The molecule has 1 N–H and O–H groups in total. The number of carbonyl (C=O) groups is 1. The monoisotopic (exact) mass is 353 g/mol. The third-order valence-corrected chi connectivity index (χ3v) is 5.45. The number of rotatable bonds is 5. The van der Waals surface area contributed by atoms with Crippen LogP contribution >= 0.6 is 15.9 Å². The largest absolute Gasteiger partial charge is 0.381 e. The normalized spacial score (nSPS) is 25.3. The summed E-state index contributed by atoms with van der Waals surface area (Å²) in [5.41, 5.74) is 1.65. The molecule has 5 nitrogen and oxygen atoms in total. The molecule has 114 valence electrons. The Morgan fingerprint density at radius 1 is 1.33 bits per heavy atom. The van der Waals surface area contributed by atoms with Crippen molar-refractivity contribution in [2.45, 2.75) is 44.1 Å². The predicted octanol–water partition coefficient (Wildman–Crippen LogP) is 2.69. The van der Waals surface area contributed by atoms with Crippen LogP contribution in [0.2, 0.25) is 0 Å². The summed E-state index contributed by atoms with van der Waals surface area (Å²) in [5, 5.41) is 7.34. The summed E-state index contributed by atoms with van der Waals surface area (Å²) >= 11 is 3.58. The molecule has 6 heteroatoms. The van der Waals surface area contributed by atoms with Crippen molar-refractivity contribution in [1.82, 2.24) is 15.1 Å². The van der Waals surface area contributed by atoms with Gasteiger partial charge in [0.05, 0.1) is 16.8 Å². The fourth-order valence-electron chi connectivity index (χ4n) is 3.05. The number of aromatic nitrogens is 2. The summed E-state index contributed by atoms with van der Waals surface area (Å²) in [4.78, 5) is 14.9. The molecule has 1 amide bonds. The van der Waals surface area contributed by atoms with E-state index in [2.05, 4.69) is 26.1 Å². The number of nitrogens with zero attached hydrogens (tertiary/aromatic N) is 2. The number of nitrogens with one attached hydrogen (secondary N) is 1. The Bertz CT molecular complexity index is 545. The van der Waals surface area contributed by atoms with Crippen molar-refractivity contribution in [2.24, 2.45) is 5.92 Å². The van der Waals surface area contributed by atoms with Gasteiger partial charge in [0, 0.05) is 31.0 Å². The topological polar surface area (TPSA) is 58.2 Å². The molecule has 1 aromatic heterocycles. The summed E-state index contributed by atoms with van der Waals surface area (Å²) in [7, 11) is 0. The van der Waals surface area contributed by atoms with E-state index in [1.165, 1.54) is 12.8 Å². The first kappa shape index (κ1) is 13.8. The van der Waals surface area contributed by atoms with Crippen LogP contribution in [0.3, 0.4) is 0 Å². The number of carbonyl (C=O) groups excluding carboxylic acids is 1. The molecule has 2 heterocycles. The highest BCUT2D eigenvalue weighted by Gasteiger charge is 2.38. The average Bonchev–Trinajstić information content (AvgIpc) is 3.41. The van der Waals surface area contributed by atoms with Gasteiger partial charge in [0.15, 0.2) is 5.69 Å². The summed E-state index contributed by atoms with van der Waals surface area (Å²) in [6, 6.07) is 0.408. The number of halogens is 1. The molecule has 1 saturated heterocycles. The maximum atomic E-state index is 12.9. The predicted molar refractivity (Wildman–Crippen MR) is 81.2 cm³/mol. The van der Waals surface area contributed by atoms with E-state index < -0.39 is 0 Å². The lowest BCUT2D eigenvalue weighted by Crippen LogP contribution is -2.37. The lowest BCUT2D eigenvalue weighted by Gasteiger charge is -2.24. The van der Waals surface area contributed by atoms with Gasteiger partial charge in [-0.1, -0.05) is 0 Å². The highest BCUT2D eigenvalue weighted by molar-refractivity contribution is 9.10. The smallest absolute Gasteiger partial charge is 0.275 e. The molecule has 0 spiro atoms. The Morgan fingerprint density at radius 3 is 2.76 bits per heavy atom. The third kappa shape index (κ3) is 2.75. The molecule has 4 rings (SSSR count). The van der Waals surface area contributed by atoms with Crippen molar-refractivity contribution in [3.05, 3.63) is 15.9 Å². The molecule has 2 saturated carbocycles. The SMILES string of the molecule is O=C(c1n[nH]c(C2CC2)c1Br)N(C[C@H]1CCOC1)C1CC1. The first-order chi connectivity index (χ1) is 10.2. The Balaban J connectivity index is 1.52. The quantitative estimate of drug-likeness (QED) is 0.885. The van der Waals surface area contributed by atoms with Gasteiger partial charge < -0.3 is 9.64 Å². The fourth-order valence-corrected chi connectivity index (χ4v) is 3.72. The van der Waals surface area contributed by atoms with Gasteiger partial charge in [0.2, 0.25) is 0 Å². The minimum atomic E-state index is 0.0689. The zero-order chi connectivity index (χ0) is 14.4. The standard InChI is InChI=1S/C15H20BrN3O2/c16-12-13(10-1-2-10)17-18-14(12)15(20)19(11-3-4-11)7-9-5-6-21-8-9/h9-11H,1-8H2,(H,17,18)/t9-/m1/s1. The van der Waals surface area contributed by atoms with E-state index in [1.807, 2.05) is 4.90 Å². The number of amides is 1. The van der Waals surface area contributed by atoms with Crippen LogP contribution in [0.25, 0.3) is 0 Å². The number of hydrogen-bond acceptors (Lipinski definition) is 3. The number of aromatic amines is 1. The molecule has 0 bridgehead atoms. The van der Waals surface area contributed by atoms with Crippen LogP contribution in [0, 0.1) is 5.92 Å². The van der Waals surface area contributed by atoms with E-state index in [4.69, 9.17) is 4.74 Å². The van der Waals surface area contributed by atoms with E-state index in [0.29, 0.717) is 23.6 Å². The van der Waals surface area contributed by atoms with Crippen molar-refractivity contribution >= 4 is 21.8 Å². The highest BCUT2D eigenvalue weighted by atomic mass is 79.9. The second-order valence-corrected chi connectivity index (χ2v) is 7.29. The van der Waals surface area contributed by atoms with Crippen molar-refractivity contribution < 1.29 is 9.53 Å². The molecule has 21 heavy (non-hydrogen) atoms. The minimum Gasteiger partial charge on any atom is -0.381 e. The Morgan fingerprint density at radius 2 is 2.14 bits per heavy atom. The average molecular weight is 354 g/mol. The molecular weight excluding hydrogens is 334 g/mol. The summed E-state index contributed by atoms with van der Waals surface area (Å²) in [6.45, 7) is 2.42. The van der Waals surface area contributed by atoms with E-state index >= 15 is 0 Å². The molecule has 1 aliphatic heterocycles. The summed E-state index contributed by atoms with van der Waals surface area (Å²) in [5.74, 6) is 1.11. The van der Waals surface area contributed by atoms with Gasteiger partial charge in [-0.3, -0.25) is 9.89 Å². The molecule has 3 aliphatic rings. The Labute approximate surface area is 132 Å². The number of hydrogen-bond donors (Lipinski definition) is 1. The Hall–Kier alpha value is -0.880. The van der Waals surface area contributed by atoms with Crippen molar-refractivity contribution in [3.8, 4) is 0 Å². The van der Waals surface area contributed by atoms with E-state index in [9.17, 15) is 4.79 Å². The van der Waals surface area contributed by atoms with Gasteiger partial charge >= 0.3 is 0 Å². The zero-order valence-electron chi connectivity index (χ0n) is 12.0. The molecule has 3 fully saturated rings. The van der Waals surface area contributed by atoms with E-state index in [0.717, 1.165) is 49.2 Å². The molecule has 1 aromatic rings.